The zero-order valence-corrected chi connectivity index (χ0v) is 11.8. The topological polar surface area (TPSA) is 29.9 Å². The zero-order valence-electron chi connectivity index (χ0n) is 9.65. The second kappa shape index (κ2) is 4.33. The summed E-state index contributed by atoms with van der Waals surface area (Å²) in [5, 5.41) is 3.47. The highest BCUT2D eigenvalue weighted by atomic mass is 127. The SMILES string of the molecule is Cc1cn(-c2ccc(I)cc2)c(NC2CC2)n1. The van der Waals surface area contributed by atoms with Crippen LogP contribution in [0.15, 0.2) is 30.5 Å². The second-order valence-corrected chi connectivity index (χ2v) is 5.72. The third-order valence-electron chi connectivity index (χ3n) is 2.84. The third-order valence-corrected chi connectivity index (χ3v) is 3.56. The van der Waals surface area contributed by atoms with Crippen molar-refractivity contribution in [1.82, 2.24) is 9.55 Å². The van der Waals surface area contributed by atoms with Gasteiger partial charge in [0, 0.05) is 21.5 Å². The molecule has 0 spiro atoms. The number of halogens is 1. The molecule has 2 aromatic rings. The summed E-state index contributed by atoms with van der Waals surface area (Å²) in [6.07, 6.45) is 4.60. The molecule has 0 atom stereocenters. The minimum atomic E-state index is 0.624. The van der Waals surface area contributed by atoms with Crippen LogP contribution in [0.25, 0.3) is 5.69 Å². The molecule has 1 fully saturated rings. The van der Waals surface area contributed by atoms with Gasteiger partial charge in [0.25, 0.3) is 0 Å². The molecule has 3 nitrogen and oxygen atoms in total. The fourth-order valence-corrected chi connectivity index (χ4v) is 2.17. The van der Waals surface area contributed by atoms with Crippen LogP contribution < -0.4 is 5.32 Å². The van der Waals surface area contributed by atoms with E-state index >= 15 is 0 Å². The minimum absolute atomic E-state index is 0.624. The standard InChI is InChI=1S/C13H14IN3/c1-9-8-17(12-6-2-10(14)3-7-12)13(15-9)16-11-4-5-11/h2-3,6-8,11H,4-5H2,1H3,(H,15,16). The summed E-state index contributed by atoms with van der Waals surface area (Å²) in [5.41, 5.74) is 2.21. The molecular weight excluding hydrogens is 325 g/mol. The van der Waals surface area contributed by atoms with E-state index in [0.29, 0.717) is 6.04 Å². The quantitative estimate of drug-likeness (QED) is 0.869. The highest BCUT2D eigenvalue weighted by molar-refractivity contribution is 14.1. The average Bonchev–Trinajstić information content (AvgIpc) is 3.03. The van der Waals surface area contributed by atoms with Crippen molar-refractivity contribution in [2.45, 2.75) is 25.8 Å². The van der Waals surface area contributed by atoms with Gasteiger partial charge in [-0.15, -0.1) is 0 Å². The first-order chi connectivity index (χ1) is 8.22. The van der Waals surface area contributed by atoms with E-state index in [4.69, 9.17) is 0 Å². The number of aromatic nitrogens is 2. The smallest absolute Gasteiger partial charge is 0.207 e. The molecule has 1 aromatic heterocycles. The first kappa shape index (κ1) is 11.1. The van der Waals surface area contributed by atoms with Crippen molar-refractivity contribution in [2.75, 3.05) is 5.32 Å². The molecule has 0 saturated heterocycles. The van der Waals surface area contributed by atoms with Crippen LogP contribution in [0.4, 0.5) is 5.95 Å². The van der Waals surface area contributed by atoms with E-state index in [0.717, 1.165) is 17.3 Å². The first-order valence-corrected chi connectivity index (χ1v) is 6.89. The number of nitrogens with zero attached hydrogens (tertiary/aromatic N) is 2. The van der Waals surface area contributed by atoms with E-state index in [2.05, 4.69) is 67.9 Å². The summed E-state index contributed by atoms with van der Waals surface area (Å²) in [7, 11) is 0. The maximum Gasteiger partial charge on any atom is 0.207 e. The summed E-state index contributed by atoms with van der Waals surface area (Å²) in [6, 6.07) is 9.11. The van der Waals surface area contributed by atoms with Gasteiger partial charge in [-0.1, -0.05) is 0 Å². The third kappa shape index (κ3) is 2.46. The molecule has 0 radical (unpaired) electrons. The highest BCUT2D eigenvalue weighted by Crippen LogP contribution is 2.26. The Morgan fingerprint density at radius 1 is 1.29 bits per heavy atom. The van der Waals surface area contributed by atoms with Crippen molar-refractivity contribution in [3.05, 3.63) is 39.7 Å². The van der Waals surface area contributed by atoms with E-state index in [9.17, 15) is 0 Å². The zero-order chi connectivity index (χ0) is 11.8. The van der Waals surface area contributed by atoms with Crippen LogP contribution in [0.1, 0.15) is 18.5 Å². The molecule has 0 bridgehead atoms. The molecule has 0 amide bonds. The normalized spacial score (nSPS) is 14.9. The predicted molar refractivity (Wildman–Crippen MR) is 77.7 cm³/mol. The van der Waals surface area contributed by atoms with Crippen LogP contribution in [-0.2, 0) is 0 Å². The average molecular weight is 339 g/mol. The molecule has 1 N–H and O–H groups in total. The van der Waals surface area contributed by atoms with Gasteiger partial charge >= 0.3 is 0 Å². The predicted octanol–water partition coefficient (Wildman–Crippen LogP) is 3.36. The molecule has 1 aromatic carbocycles. The van der Waals surface area contributed by atoms with Gasteiger partial charge in [0.05, 0.1) is 5.69 Å². The Labute approximate surface area is 114 Å². The summed E-state index contributed by atoms with van der Waals surface area (Å²) in [6.45, 7) is 2.03. The Morgan fingerprint density at radius 2 is 2.00 bits per heavy atom. The fraction of sp³-hybridized carbons (Fsp3) is 0.308. The summed E-state index contributed by atoms with van der Waals surface area (Å²) < 4.78 is 3.38. The Kier molecular flexibility index (Phi) is 2.82. The number of anilines is 1. The van der Waals surface area contributed by atoms with Crippen molar-refractivity contribution < 1.29 is 0 Å². The number of nitrogens with one attached hydrogen (secondary N) is 1. The van der Waals surface area contributed by atoms with Gasteiger partial charge < -0.3 is 5.32 Å². The largest absolute Gasteiger partial charge is 0.353 e. The molecule has 1 aliphatic rings. The molecule has 0 aliphatic heterocycles. The Bertz CT molecular complexity index is 526. The van der Waals surface area contributed by atoms with Crippen LogP contribution in [0.5, 0.6) is 0 Å². The number of hydrogen-bond donors (Lipinski definition) is 1. The van der Waals surface area contributed by atoms with Gasteiger partial charge in [-0.2, -0.15) is 0 Å². The lowest BCUT2D eigenvalue weighted by molar-refractivity contribution is 1.00. The summed E-state index contributed by atoms with van der Waals surface area (Å²) >= 11 is 2.32. The first-order valence-electron chi connectivity index (χ1n) is 5.81. The van der Waals surface area contributed by atoms with Crippen molar-refractivity contribution in [3.63, 3.8) is 0 Å². The number of aryl methyl sites for hydroxylation is 1. The molecule has 4 heteroatoms. The van der Waals surface area contributed by atoms with Gasteiger partial charge in [0.2, 0.25) is 5.95 Å². The molecule has 88 valence electrons. The Balaban J connectivity index is 1.97. The number of imidazole rings is 1. The van der Waals surface area contributed by atoms with Crippen LogP contribution in [0.2, 0.25) is 0 Å². The molecule has 1 heterocycles. The van der Waals surface area contributed by atoms with Crippen molar-refractivity contribution in [2.24, 2.45) is 0 Å². The van der Waals surface area contributed by atoms with Crippen molar-refractivity contribution >= 4 is 28.5 Å². The Morgan fingerprint density at radius 3 is 2.65 bits per heavy atom. The molecule has 1 saturated carbocycles. The fourth-order valence-electron chi connectivity index (χ4n) is 1.81. The second-order valence-electron chi connectivity index (χ2n) is 4.47. The number of hydrogen-bond acceptors (Lipinski definition) is 2. The van der Waals surface area contributed by atoms with Gasteiger partial charge in [-0.25, -0.2) is 4.98 Å². The van der Waals surface area contributed by atoms with E-state index in [-0.39, 0.29) is 0 Å². The van der Waals surface area contributed by atoms with Crippen molar-refractivity contribution in [1.29, 1.82) is 0 Å². The number of benzene rings is 1. The monoisotopic (exact) mass is 339 g/mol. The maximum atomic E-state index is 4.54. The summed E-state index contributed by atoms with van der Waals surface area (Å²) in [5.74, 6) is 0.964. The van der Waals surface area contributed by atoms with Gasteiger partial charge in [-0.3, -0.25) is 4.57 Å². The van der Waals surface area contributed by atoms with Gasteiger partial charge in [0.15, 0.2) is 0 Å². The van der Waals surface area contributed by atoms with Gasteiger partial charge in [-0.05, 0) is 66.6 Å². The lowest BCUT2D eigenvalue weighted by atomic mass is 10.3. The van der Waals surface area contributed by atoms with Crippen LogP contribution in [-0.4, -0.2) is 15.6 Å². The van der Waals surface area contributed by atoms with Gasteiger partial charge in [0.1, 0.15) is 0 Å². The lowest BCUT2D eigenvalue weighted by Crippen LogP contribution is -2.07. The highest BCUT2D eigenvalue weighted by Gasteiger charge is 2.23. The van der Waals surface area contributed by atoms with E-state index < -0.39 is 0 Å². The molecule has 1 aliphatic carbocycles. The minimum Gasteiger partial charge on any atom is -0.353 e. The van der Waals surface area contributed by atoms with Crippen molar-refractivity contribution in [3.8, 4) is 5.69 Å². The Hall–Kier alpha value is -1.04. The number of rotatable bonds is 3. The van der Waals surface area contributed by atoms with E-state index in [1.165, 1.54) is 16.4 Å². The summed E-state index contributed by atoms with van der Waals surface area (Å²) in [4.78, 5) is 4.54. The van der Waals surface area contributed by atoms with Crippen LogP contribution in [0.3, 0.4) is 0 Å². The lowest BCUT2D eigenvalue weighted by Gasteiger charge is -2.08. The maximum absolute atomic E-state index is 4.54. The van der Waals surface area contributed by atoms with E-state index in [1.54, 1.807) is 0 Å². The van der Waals surface area contributed by atoms with Crippen LogP contribution >= 0.6 is 22.6 Å². The molecule has 0 unspecified atom stereocenters. The molecule has 3 rings (SSSR count). The van der Waals surface area contributed by atoms with E-state index in [1.807, 2.05) is 6.92 Å². The molecule has 17 heavy (non-hydrogen) atoms. The molecular formula is C13H14IN3. The van der Waals surface area contributed by atoms with Crippen LogP contribution in [0, 0.1) is 10.5 Å².